The van der Waals surface area contributed by atoms with Crippen molar-refractivity contribution >= 4 is 5.91 Å². The van der Waals surface area contributed by atoms with E-state index in [1.165, 1.54) is 0 Å². The Hall–Kier alpha value is -1.83. The Balaban J connectivity index is 2.29. The molecule has 0 aliphatic rings. The molecule has 0 spiro atoms. The molecule has 21 heavy (non-hydrogen) atoms. The van der Waals surface area contributed by atoms with Gasteiger partial charge in [0.2, 0.25) is 0 Å². The van der Waals surface area contributed by atoms with Crippen molar-refractivity contribution < 1.29 is 9.53 Å². The predicted molar refractivity (Wildman–Crippen MR) is 85.0 cm³/mol. The lowest BCUT2D eigenvalue weighted by Crippen LogP contribution is -2.27. The van der Waals surface area contributed by atoms with E-state index in [0.29, 0.717) is 31.2 Å². The second-order valence-electron chi connectivity index (χ2n) is 5.13. The summed E-state index contributed by atoms with van der Waals surface area (Å²) in [6, 6.07) is 7.15. The van der Waals surface area contributed by atoms with Crippen LogP contribution in [-0.2, 0) is 4.74 Å². The SMILES string of the molecule is CC(C)CCOCCNC(=O)c1ccc(C#CCN)cc1. The van der Waals surface area contributed by atoms with Gasteiger partial charge in [0, 0.05) is 24.3 Å². The van der Waals surface area contributed by atoms with E-state index in [2.05, 4.69) is 31.0 Å². The van der Waals surface area contributed by atoms with Gasteiger partial charge in [-0.3, -0.25) is 4.79 Å². The normalized spacial score (nSPS) is 10.1. The molecule has 1 amide bonds. The number of rotatable bonds is 7. The first kappa shape index (κ1) is 17.2. The molecule has 114 valence electrons. The summed E-state index contributed by atoms with van der Waals surface area (Å²) in [6.45, 7) is 6.45. The number of amides is 1. The minimum absolute atomic E-state index is 0.0965. The van der Waals surface area contributed by atoms with E-state index in [-0.39, 0.29) is 5.91 Å². The highest BCUT2D eigenvalue weighted by atomic mass is 16.5. The fourth-order valence-electron chi connectivity index (χ4n) is 1.62. The predicted octanol–water partition coefficient (Wildman–Crippen LogP) is 1.79. The number of benzene rings is 1. The molecule has 0 saturated carbocycles. The van der Waals surface area contributed by atoms with E-state index in [9.17, 15) is 4.79 Å². The molecule has 0 aromatic heterocycles. The highest BCUT2D eigenvalue weighted by molar-refractivity contribution is 5.94. The molecule has 1 aromatic rings. The van der Waals surface area contributed by atoms with Crippen molar-refractivity contribution in [3.8, 4) is 11.8 Å². The van der Waals surface area contributed by atoms with Crippen LogP contribution in [0, 0.1) is 17.8 Å². The quantitative estimate of drug-likeness (QED) is 0.594. The maximum atomic E-state index is 11.9. The lowest BCUT2D eigenvalue weighted by Gasteiger charge is -2.08. The molecule has 0 fully saturated rings. The van der Waals surface area contributed by atoms with Crippen molar-refractivity contribution in [2.45, 2.75) is 20.3 Å². The van der Waals surface area contributed by atoms with Crippen LogP contribution in [0.3, 0.4) is 0 Å². The summed E-state index contributed by atoms with van der Waals surface area (Å²) in [7, 11) is 0. The third kappa shape index (κ3) is 7.50. The van der Waals surface area contributed by atoms with Crippen molar-refractivity contribution in [3.63, 3.8) is 0 Å². The van der Waals surface area contributed by atoms with Crippen LogP contribution >= 0.6 is 0 Å². The zero-order valence-corrected chi connectivity index (χ0v) is 12.8. The summed E-state index contributed by atoms with van der Waals surface area (Å²) >= 11 is 0. The van der Waals surface area contributed by atoms with E-state index in [0.717, 1.165) is 18.6 Å². The fourth-order valence-corrected chi connectivity index (χ4v) is 1.62. The highest BCUT2D eigenvalue weighted by Crippen LogP contribution is 2.03. The Morgan fingerprint density at radius 3 is 2.62 bits per heavy atom. The number of hydrogen-bond acceptors (Lipinski definition) is 3. The Kier molecular flexibility index (Phi) is 8.18. The lowest BCUT2D eigenvalue weighted by atomic mass is 10.1. The summed E-state index contributed by atoms with van der Waals surface area (Å²) in [5, 5.41) is 2.83. The molecular formula is C17H24N2O2. The fraction of sp³-hybridized carbons (Fsp3) is 0.471. The van der Waals surface area contributed by atoms with Crippen LogP contribution in [0.1, 0.15) is 36.2 Å². The standard InChI is InChI=1S/C17H24N2O2/c1-14(2)9-12-21-13-11-19-17(20)16-7-5-15(6-8-16)4-3-10-18/h5-8,14H,9-13,18H2,1-2H3,(H,19,20). The van der Waals surface area contributed by atoms with Gasteiger partial charge in [-0.15, -0.1) is 0 Å². The van der Waals surface area contributed by atoms with Crippen molar-refractivity contribution in [1.82, 2.24) is 5.32 Å². The minimum Gasteiger partial charge on any atom is -0.380 e. The molecule has 0 heterocycles. The molecule has 0 unspecified atom stereocenters. The summed E-state index contributed by atoms with van der Waals surface area (Å²) in [4.78, 5) is 11.9. The van der Waals surface area contributed by atoms with Crippen molar-refractivity contribution in [2.75, 3.05) is 26.3 Å². The summed E-state index contributed by atoms with van der Waals surface area (Å²) < 4.78 is 5.45. The molecule has 4 nitrogen and oxygen atoms in total. The van der Waals surface area contributed by atoms with Gasteiger partial charge in [0.05, 0.1) is 13.2 Å². The maximum absolute atomic E-state index is 11.9. The molecule has 0 radical (unpaired) electrons. The van der Waals surface area contributed by atoms with Crippen LogP contribution in [0.25, 0.3) is 0 Å². The van der Waals surface area contributed by atoms with Gasteiger partial charge in [-0.25, -0.2) is 0 Å². The molecule has 0 aliphatic carbocycles. The molecule has 1 aromatic carbocycles. The van der Waals surface area contributed by atoms with E-state index in [1.54, 1.807) is 12.1 Å². The van der Waals surface area contributed by atoms with Crippen LogP contribution < -0.4 is 11.1 Å². The van der Waals surface area contributed by atoms with Crippen LogP contribution in [0.15, 0.2) is 24.3 Å². The first-order valence-corrected chi connectivity index (χ1v) is 7.28. The van der Waals surface area contributed by atoms with Gasteiger partial charge in [0.25, 0.3) is 5.91 Å². The summed E-state index contributed by atoms with van der Waals surface area (Å²) in [5.74, 6) is 6.24. The van der Waals surface area contributed by atoms with Crippen molar-refractivity contribution in [1.29, 1.82) is 0 Å². The second-order valence-corrected chi connectivity index (χ2v) is 5.13. The zero-order chi connectivity index (χ0) is 15.5. The second kappa shape index (κ2) is 9.98. The molecule has 0 saturated heterocycles. The number of hydrogen-bond donors (Lipinski definition) is 2. The van der Waals surface area contributed by atoms with Gasteiger partial charge in [-0.2, -0.15) is 0 Å². The lowest BCUT2D eigenvalue weighted by molar-refractivity contribution is 0.0906. The van der Waals surface area contributed by atoms with E-state index < -0.39 is 0 Å². The van der Waals surface area contributed by atoms with Gasteiger partial charge >= 0.3 is 0 Å². The van der Waals surface area contributed by atoms with Crippen molar-refractivity contribution in [2.24, 2.45) is 11.7 Å². The van der Waals surface area contributed by atoms with Gasteiger partial charge in [-0.05, 0) is 36.6 Å². The largest absolute Gasteiger partial charge is 0.380 e. The topological polar surface area (TPSA) is 64.3 Å². The average molecular weight is 288 g/mol. The van der Waals surface area contributed by atoms with Crippen LogP contribution in [-0.4, -0.2) is 32.2 Å². The van der Waals surface area contributed by atoms with E-state index in [1.807, 2.05) is 12.1 Å². The Bertz CT molecular complexity index is 484. The molecule has 1 rings (SSSR count). The van der Waals surface area contributed by atoms with Gasteiger partial charge < -0.3 is 15.8 Å². The molecule has 0 aliphatic heterocycles. The van der Waals surface area contributed by atoms with Crippen LogP contribution in [0.2, 0.25) is 0 Å². The molecule has 0 bridgehead atoms. The number of ether oxygens (including phenoxy) is 1. The van der Waals surface area contributed by atoms with E-state index in [4.69, 9.17) is 10.5 Å². The highest BCUT2D eigenvalue weighted by Gasteiger charge is 2.04. The van der Waals surface area contributed by atoms with Crippen molar-refractivity contribution in [3.05, 3.63) is 35.4 Å². The zero-order valence-electron chi connectivity index (χ0n) is 12.8. The third-order valence-corrected chi connectivity index (χ3v) is 2.85. The van der Waals surface area contributed by atoms with Crippen LogP contribution in [0.4, 0.5) is 0 Å². The first-order valence-electron chi connectivity index (χ1n) is 7.28. The number of carbonyl (C=O) groups excluding carboxylic acids is 1. The number of carbonyl (C=O) groups is 1. The molecular weight excluding hydrogens is 264 g/mol. The Morgan fingerprint density at radius 1 is 1.29 bits per heavy atom. The average Bonchev–Trinajstić information content (AvgIpc) is 2.48. The number of nitrogens with two attached hydrogens (primary N) is 1. The van der Waals surface area contributed by atoms with Gasteiger partial charge in [0.1, 0.15) is 0 Å². The summed E-state index contributed by atoms with van der Waals surface area (Å²) in [6.07, 6.45) is 1.04. The monoisotopic (exact) mass is 288 g/mol. The molecule has 3 N–H and O–H groups in total. The third-order valence-electron chi connectivity index (χ3n) is 2.85. The summed E-state index contributed by atoms with van der Waals surface area (Å²) in [5.41, 5.74) is 6.79. The van der Waals surface area contributed by atoms with E-state index >= 15 is 0 Å². The Morgan fingerprint density at radius 2 is 2.00 bits per heavy atom. The number of nitrogens with one attached hydrogen (secondary N) is 1. The minimum atomic E-state index is -0.0965. The molecule has 0 atom stereocenters. The smallest absolute Gasteiger partial charge is 0.251 e. The molecule has 4 heteroatoms. The first-order chi connectivity index (χ1) is 10.1. The Labute approximate surface area is 127 Å². The van der Waals surface area contributed by atoms with Gasteiger partial charge in [0.15, 0.2) is 0 Å². The maximum Gasteiger partial charge on any atom is 0.251 e. The van der Waals surface area contributed by atoms with Crippen LogP contribution in [0.5, 0.6) is 0 Å². The van der Waals surface area contributed by atoms with Gasteiger partial charge in [-0.1, -0.05) is 25.7 Å².